The molecule has 0 bridgehead atoms. The van der Waals surface area contributed by atoms with Crippen LogP contribution in [0.5, 0.6) is 0 Å². The van der Waals surface area contributed by atoms with Crippen molar-refractivity contribution in [1.82, 2.24) is 9.88 Å². The number of aromatic nitrogens is 1. The summed E-state index contributed by atoms with van der Waals surface area (Å²) < 4.78 is 14.8. The van der Waals surface area contributed by atoms with Crippen LogP contribution >= 0.6 is 0 Å². The zero-order valence-electron chi connectivity index (χ0n) is 11.3. The first-order valence-corrected chi connectivity index (χ1v) is 6.86. The number of carbonyl (C=O) groups excluding carboxylic acids is 1. The van der Waals surface area contributed by atoms with E-state index in [2.05, 4.69) is 11.4 Å². The maximum Gasteiger partial charge on any atom is 0.245 e. The third-order valence-electron chi connectivity index (χ3n) is 3.90. The molecule has 0 aliphatic carbocycles. The Labute approximate surface area is 121 Å². The lowest BCUT2D eigenvalue weighted by Gasteiger charge is -2.08. The number of rotatable bonds is 1. The molecule has 0 unspecified atom stereocenters. The van der Waals surface area contributed by atoms with Gasteiger partial charge in [0.15, 0.2) is 0 Å². The van der Waals surface area contributed by atoms with Gasteiger partial charge in [0.2, 0.25) is 5.91 Å². The third-order valence-corrected chi connectivity index (χ3v) is 3.90. The summed E-state index contributed by atoms with van der Waals surface area (Å²) in [5.41, 5.74) is 4.06. The molecule has 2 heterocycles. The standard InChI is InChI=1S/C17H13FN2O/c18-15-3-1-11(2-4-15)13-7-12-5-6-20-16(21)10-19-9-14(8-13)17(12)20/h1-8,19H,9-10H2. The van der Waals surface area contributed by atoms with Gasteiger partial charge in [-0.1, -0.05) is 12.1 Å². The molecule has 104 valence electrons. The van der Waals surface area contributed by atoms with Crippen molar-refractivity contribution >= 4 is 16.8 Å². The van der Waals surface area contributed by atoms with Crippen molar-refractivity contribution < 1.29 is 9.18 Å². The van der Waals surface area contributed by atoms with E-state index in [0.717, 1.165) is 27.6 Å². The van der Waals surface area contributed by atoms with Gasteiger partial charge < -0.3 is 5.32 Å². The van der Waals surface area contributed by atoms with Crippen LogP contribution in [0.15, 0.2) is 48.7 Å². The zero-order chi connectivity index (χ0) is 14.4. The van der Waals surface area contributed by atoms with Crippen LogP contribution < -0.4 is 5.32 Å². The van der Waals surface area contributed by atoms with Gasteiger partial charge in [0.05, 0.1) is 12.1 Å². The predicted molar refractivity (Wildman–Crippen MR) is 79.7 cm³/mol. The van der Waals surface area contributed by atoms with Gasteiger partial charge in [-0.3, -0.25) is 9.36 Å². The summed E-state index contributed by atoms with van der Waals surface area (Å²) in [6, 6.07) is 12.5. The first-order chi connectivity index (χ1) is 10.2. The van der Waals surface area contributed by atoms with Crippen LogP contribution in [0.2, 0.25) is 0 Å². The molecule has 21 heavy (non-hydrogen) atoms. The van der Waals surface area contributed by atoms with Crippen LogP contribution in [0.25, 0.3) is 22.0 Å². The molecule has 0 saturated carbocycles. The van der Waals surface area contributed by atoms with Crippen molar-refractivity contribution in [2.45, 2.75) is 6.54 Å². The van der Waals surface area contributed by atoms with Gasteiger partial charge in [-0.15, -0.1) is 0 Å². The number of carbonyl (C=O) groups is 1. The van der Waals surface area contributed by atoms with Crippen LogP contribution in [0, 0.1) is 5.82 Å². The van der Waals surface area contributed by atoms with Gasteiger partial charge in [0, 0.05) is 18.1 Å². The van der Waals surface area contributed by atoms with E-state index in [1.54, 1.807) is 16.7 Å². The zero-order valence-corrected chi connectivity index (χ0v) is 11.3. The lowest BCUT2D eigenvalue weighted by molar-refractivity contribution is 0.0920. The van der Waals surface area contributed by atoms with E-state index in [1.165, 1.54) is 12.1 Å². The predicted octanol–water partition coefficient (Wildman–Crippen LogP) is 3.19. The fraction of sp³-hybridized carbons (Fsp3) is 0.118. The second-order valence-corrected chi connectivity index (χ2v) is 5.26. The SMILES string of the molecule is O=C1CNCc2cc(-c3ccc(F)cc3)cc3ccn1c23. The highest BCUT2D eigenvalue weighted by atomic mass is 19.1. The van der Waals surface area contributed by atoms with Gasteiger partial charge in [-0.2, -0.15) is 0 Å². The Bertz CT molecular complexity index is 849. The summed E-state index contributed by atoms with van der Waals surface area (Å²) in [6.07, 6.45) is 1.82. The number of halogens is 1. The molecule has 0 spiro atoms. The van der Waals surface area contributed by atoms with Crippen LogP contribution in [-0.2, 0) is 6.54 Å². The average molecular weight is 280 g/mol. The molecule has 0 atom stereocenters. The molecule has 1 aromatic heterocycles. The van der Waals surface area contributed by atoms with Gasteiger partial charge in [-0.05, 0) is 47.0 Å². The molecule has 0 amide bonds. The highest BCUT2D eigenvalue weighted by Gasteiger charge is 2.17. The molecule has 1 N–H and O–H groups in total. The summed E-state index contributed by atoms with van der Waals surface area (Å²) >= 11 is 0. The summed E-state index contributed by atoms with van der Waals surface area (Å²) in [6.45, 7) is 0.992. The van der Waals surface area contributed by atoms with Crippen LogP contribution in [-0.4, -0.2) is 17.0 Å². The molecular formula is C17H13FN2O. The van der Waals surface area contributed by atoms with E-state index in [9.17, 15) is 9.18 Å². The summed E-state index contributed by atoms with van der Waals surface area (Å²) in [4.78, 5) is 12.0. The monoisotopic (exact) mass is 280 g/mol. The Kier molecular flexibility index (Phi) is 2.65. The molecule has 4 heteroatoms. The minimum absolute atomic E-state index is 0.0540. The number of nitrogens with zero attached hydrogens (tertiary/aromatic N) is 1. The normalized spacial score (nSPS) is 14.4. The number of hydrogen-bond donors (Lipinski definition) is 1. The fourth-order valence-corrected chi connectivity index (χ4v) is 2.91. The first kappa shape index (κ1) is 12.3. The Morgan fingerprint density at radius 3 is 2.62 bits per heavy atom. The van der Waals surface area contributed by atoms with Gasteiger partial charge in [0.25, 0.3) is 0 Å². The lowest BCUT2D eigenvalue weighted by Crippen LogP contribution is -2.23. The number of benzene rings is 2. The molecule has 0 fully saturated rings. The highest BCUT2D eigenvalue weighted by molar-refractivity contribution is 5.97. The van der Waals surface area contributed by atoms with Gasteiger partial charge in [0.1, 0.15) is 5.82 Å². The quantitative estimate of drug-likeness (QED) is 0.742. The molecule has 1 aliphatic heterocycles. The Morgan fingerprint density at radius 1 is 1.00 bits per heavy atom. The summed E-state index contributed by atoms with van der Waals surface area (Å²) in [5.74, 6) is -0.185. The van der Waals surface area contributed by atoms with Crippen molar-refractivity contribution in [3.63, 3.8) is 0 Å². The molecule has 4 rings (SSSR count). The number of hydrogen-bond acceptors (Lipinski definition) is 2. The van der Waals surface area contributed by atoms with Crippen LogP contribution in [0.3, 0.4) is 0 Å². The number of nitrogens with one attached hydrogen (secondary N) is 1. The van der Waals surface area contributed by atoms with Gasteiger partial charge in [-0.25, -0.2) is 4.39 Å². The van der Waals surface area contributed by atoms with Gasteiger partial charge >= 0.3 is 0 Å². The van der Waals surface area contributed by atoms with Crippen molar-refractivity contribution in [3.05, 3.63) is 60.0 Å². The molecule has 2 aromatic carbocycles. The lowest BCUT2D eigenvalue weighted by atomic mass is 10.0. The van der Waals surface area contributed by atoms with E-state index in [4.69, 9.17) is 0 Å². The molecular weight excluding hydrogens is 267 g/mol. The largest absolute Gasteiger partial charge is 0.304 e. The maximum atomic E-state index is 13.1. The van der Waals surface area contributed by atoms with Crippen molar-refractivity contribution in [2.75, 3.05) is 6.54 Å². The Morgan fingerprint density at radius 2 is 1.81 bits per heavy atom. The molecule has 1 aliphatic rings. The van der Waals surface area contributed by atoms with E-state index >= 15 is 0 Å². The minimum Gasteiger partial charge on any atom is -0.304 e. The van der Waals surface area contributed by atoms with E-state index in [0.29, 0.717) is 13.1 Å². The van der Waals surface area contributed by atoms with Crippen molar-refractivity contribution in [1.29, 1.82) is 0 Å². The Hall–Kier alpha value is -2.46. The van der Waals surface area contributed by atoms with E-state index in [1.807, 2.05) is 18.3 Å². The molecule has 3 nitrogen and oxygen atoms in total. The Balaban J connectivity index is 1.95. The second kappa shape index (κ2) is 4.53. The van der Waals surface area contributed by atoms with Crippen LogP contribution in [0.4, 0.5) is 4.39 Å². The topological polar surface area (TPSA) is 34.0 Å². The highest BCUT2D eigenvalue weighted by Crippen LogP contribution is 2.29. The maximum absolute atomic E-state index is 13.1. The average Bonchev–Trinajstić information content (AvgIpc) is 2.84. The summed E-state index contributed by atoms with van der Waals surface area (Å²) in [5, 5.41) is 4.18. The molecule has 0 radical (unpaired) electrons. The molecule has 0 saturated heterocycles. The minimum atomic E-state index is -0.239. The van der Waals surface area contributed by atoms with E-state index < -0.39 is 0 Å². The molecule has 3 aromatic rings. The third kappa shape index (κ3) is 1.96. The van der Waals surface area contributed by atoms with E-state index in [-0.39, 0.29) is 11.7 Å². The fourth-order valence-electron chi connectivity index (χ4n) is 2.91. The van der Waals surface area contributed by atoms with Crippen molar-refractivity contribution in [3.8, 4) is 11.1 Å². The smallest absolute Gasteiger partial charge is 0.245 e. The first-order valence-electron chi connectivity index (χ1n) is 6.86. The second-order valence-electron chi connectivity index (χ2n) is 5.26. The van der Waals surface area contributed by atoms with Crippen molar-refractivity contribution in [2.24, 2.45) is 0 Å². The van der Waals surface area contributed by atoms with Crippen LogP contribution in [0.1, 0.15) is 10.4 Å². The summed E-state index contributed by atoms with van der Waals surface area (Å²) in [7, 11) is 0.